The van der Waals surface area contributed by atoms with Crippen molar-refractivity contribution in [1.82, 2.24) is 9.29 Å². The minimum atomic E-state index is -3.53. The third-order valence-electron chi connectivity index (χ3n) is 4.28. The van der Waals surface area contributed by atoms with E-state index in [1.165, 1.54) is 29.7 Å². The van der Waals surface area contributed by atoms with Crippen molar-refractivity contribution >= 4 is 21.7 Å². The number of anilines is 1. The number of para-hydroxylation sites is 1. The molecule has 1 amide bonds. The predicted octanol–water partition coefficient (Wildman–Crippen LogP) is 2.52. The SMILES string of the molecule is COc1ccccc1C(=O)Nc1ccc(S(=O)(=O)N2CCCCC2)cn1. The summed E-state index contributed by atoms with van der Waals surface area (Å²) in [5, 5.41) is 2.65. The molecule has 0 unspecified atom stereocenters. The van der Waals surface area contributed by atoms with Gasteiger partial charge in [0, 0.05) is 19.3 Å². The second-order valence-electron chi connectivity index (χ2n) is 6.00. The summed E-state index contributed by atoms with van der Waals surface area (Å²) in [4.78, 5) is 16.6. The Morgan fingerprint density at radius 3 is 2.50 bits per heavy atom. The smallest absolute Gasteiger partial charge is 0.260 e. The number of ether oxygens (including phenoxy) is 1. The van der Waals surface area contributed by atoms with Gasteiger partial charge in [0.1, 0.15) is 16.5 Å². The zero-order chi connectivity index (χ0) is 18.6. The normalized spacial score (nSPS) is 15.4. The molecule has 1 fully saturated rings. The molecule has 2 aromatic rings. The Bertz CT molecular complexity index is 876. The van der Waals surface area contributed by atoms with Gasteiger partial charge >= 0.3 is 0 Å². The lowest BCUT2D eigenvalue weighted by Crippen LogP contribution is -2.35. The van der Waals surface area contributed by atoms with Gasteiger partial charge in [-0.15, -0.1) is 0 Å². The highest BCUT2D eigenvalue weighted by molar-refractivity contribution is 7.89. The molecule has 1 N–H and O–H groups in total. The van der Waals surface area contributed by atoms with Gasteiger partial charge in [-0.1, -0.05) is 18.6 Å². The van der Waals surface area contributed by atoms with E-state index in [0.717, 1.165) is 19.3 Å². The number of rotatable bonds is 5. The second kappa shape index (κ2) is 7.84. The minimum absolute atomic E-state index is 0.134. The van der Waals surface area contributed by atoms with Crippen molar-refractivity contribution in [3.05, 3.63) is 48.2 Å². The third kappa shape index (κ3) is 3.86. The summed E-state index contributed by atoms with van der Waals surface area (Å²) < 4.78 is 31.9. The zero-order valence-electron chi connectivity index (χ0n) is 14.5. The highest BCUT2D eigenvalue weighted by Crippen LogP contribution is 2.22. The number of carbonyl (C=O) groups excluding carboxylic acids is 1. The van der Waals surface area contributed by atoms with Gasteiger partial charge in [-0.25, -0.2) is 13.4 Å². The average Bonchev–Trinajstić information content (AvgIpc) is 2.69. The summed E-state index contributed by atoms with van der Waals surface area (Å²) in [6.45, 7) is 1.07. The van der Waals surface area contributed by atoms with Crippen molar-refractivity contribution in [3.8, 4) is 5.75 Å². The van der Waals surface area contributed by atoms with E-state index in [4.69, 9.17) is 4.74 Å². The average molecular weight is 375 g/mol. The van der Waals surface area contributed by atoms with Gasteiger partial charge in [0.05, 0.1) is 12.7 Å². The van der Waals surface area contributed by atoms with Crippen LogP contribution >= 0.6 is 0 Å². The van der Waals surface area contributed by atoms with Crippen molar-refractivity contribution in [3.63, 3.8) is 0 Å². The number of aromatic nitrogens is 1. The van der Waals surface area contributed by atoms with E-state index in [0.29, 0.717) is 24.4 Å². The Labute approximate surface area is 153 Å². The van der Waals surface area contributed by atoms with Gasteiger partial charge in [0.15, 0.2) is 0 Å². The Hall–Kier alpha value is -2.45. The van der Waals surface area contributed by atoms with E-state index in [2.05, 4.69) is 10.3 Å². The minimum Gasteiger partial charge on any atom is -0.496 e. The molecule has 2 heterocycles. The van der Waals surface area contributed by atoms with Crippen molar-refractivity contribution in [2.45, 2.75) is 24.2 Å². The molecule has 0 spiro atoms. The number of carbonyl (C=O) groups is 1. The first-order chi connectivity index (χ1) is 12.5. The molecule has 1 aliphatic heterocycles. The topological polar surface area (TPSA) is 88.6 Å². The zero-order valence-corrected chi connectivity index (χ0v) is 15.3. The van der Waals surface area contributed by atoms with Crippen LogP contribution in [0, 0.1) is 0 Å². The molecule has 1 aromatic carbocycles. The lowest BCUT2D eigenvalue weighted by molar-refractivity contribution is 0.102. The monoisotopic (exact) mass is 375 g/mol. The van der Waals surface area contributed by atoms with Crippen LogP contribution in [0.25, 0.3) is 0 Å². The highest BCUT2D eigenvalue weighted by Gasteiger charge is 2.26. The number of piperidine rings is 1. The summed E-state index contributed by atoms with van der Waals surface area (Å²) in [6, 6.07) is 9.80. The summed E-state index contributed by atoms with van der Waals surface area (Å²) in [7, 11) is -2.04. The molecule has 1 saturated heterocycles. The molecule has 26 heavy (non-hydrogen) atoms. The van der Waals surface area contributed by atoms with Crippen LogP contribution in [0.3, 0.4) is 0 Å². The van der Waals surface area contributed by atoms with Crippen molar-refractivity contribution in [1.29, 1.82) is 0 Å². The first-order valence-electron chi connectivity index (χ1n) is 8.43. The lowest BCUT2D eigenvalue weighted by Gasteiger charge is -2.25. The summed E-state index contributed by atoms with van der Waals surface area (Å²) >= 11 is 0. The summed E-state index contributed by atoms with van der Waals surface area (Å²) in [5.41, 5.74) is 0.377. The van der Waals surface area contributed by atoms with Gasteiger partial charge in [0.25, 0.3) is 5.91 Å². The Kier molecular flexibility index (Phi) is 5.53. The molecule has 138 valence electrons. The fraction of sp³-hybridized carbons (Fsp3) is 0.333. The number of nitrogens with zero attached hydrogens (tertiary/aromatic N) is 2. The van der Waals surface area contributed by atoms with Gasteiger partial charge in [-0.2, -0.15) is 4.31 Å². The molecular formula is C18H21N3O4S. The van der Waals surface area contributed by atoms with Crippen LogP contribution in [0.15, 0.2) is 47.5 Å². The Balaban J connectivity index is 1.74. The van der Waals surface area contributed by atoms with Crippen molar-refractivity contribution < 1.29 is 17.9 Å². The lowest BCUT2D eigenvalue weighted by atomic mass is 10.2. The molecule has 7 nitrogen and oxygen atoms in total. The molecule has 0 bridgehead atoms. The molecule has 1 aromatic heterocycles. The quantitative estimate of drug-likeness (QED) is 0.867. The molecule has 0 aliphatic carbocycles. The number of sulfonamides is 1. The van der Waals surface area contributed by atoms with Crippen LogP contribution in [0.4, 0.5) is 5.82 Å². The molecule has 3 rings (SSSR count). The van der Waals surface area contributed by atoms with E-state index in [1.54, 1.807) is 24.3 Å². The van der Waals surface area contributed by atoms with Crippen LogP contribution in [0.1, 0.15) is 29.6 Å². The van der Waals surface area contributed by atoms with E-state index in [1.807, 2.05) is 0 Å². The van der Waals surface area contributed by atoms with Crippen LogP contribution in [0.5, 0.6) is 5.75 Å². The van der Waals surface area contributed by atoms with E-state index in [9.17, 15) is 13.2 Å². The number of hydrogen-bond acceptors (Lipinski definition) is 5. The molecule has 8 heteroatoms. The number of methoxy groups -OCH3 is 1. The molecule has 0 radical (unpaired) electrons. The van der Waals surface area contributed by atoms with Crippen molar-refractivity contribution in [2.24, 2.45) is 0 Å². The largest absolute Gasteiger partial charge is 0.496 e. The summed E-state index contributed by atoms with van der Waals surface area (Å²) in [5.74, 6) is 0.356. The number of nitrogens with one attached hydrogen (secondary N) is 1. The summed E-state index contributed by atoms with van der Waals surface area (Å²) in [6.07, 6.45) is 4.08. The number of benzene rings is 1. The highest BCUT2D eigenvalue weighted by atomic mass is 32.2. The van der Waals surface area contributed by atoms with Crippen LogP contribution in [-0.4, -0.2) is 43.8 Å². The van der Waals surface area contributed by atoms with Crippen molar-refractivity contribution in [2.75, 3.05) is 25.5 Å². The first-order valence-corrected chi connectivity index (χ1v) is 9.87. The Morgan fingerprint density at radius 2 is 1.85 bits per heavy atom. The van der Waals surface area contributed by atoms with Crippen LogP contribution in [-0.2, 0) is 10.0 Å². The van der Waals surface area contributed by atoms with Gasteiger partial charge in [0.2, 0.25) is 10.0 Å². The standard InChI is InChI=1S/C18H21N3O4S/c1-25-16-8-4-3-7-15(16)18(22)20-17-10-9-14(13-19-17)26(23,24)21-11-5-2-6-12-21/h3-4,7-10,13H,2,5-6,11-12H2,1H3,(H,19,20,22). The van der Waals surface area contributed by atoms with Gasteiger partial charge < -0.3 is 10.1 Å². The first kappa shape index (κ1) is 18.3. The maximum Gasteiger partial charge on any atom is 0.260 e. The van der Waals surface area contributed by atoms with E-state index < -0.39 is 10.0 Å². The molecular weight excluding hydrogens is 354 g/mol. The maximum atomic E-state index is 12.6. The Morgan fingerprint density at radius 1 is 1.12 bits per heavy atom. The second-order valence-corrected chi connectivity index (χ2v) is 7.94. The molecule has 0 atom stereocenters. The molecule has 0 saturated carbocycles. The third-order valence-corrected chi connectivity index (χ3v) is 6.16. The maximum absolute atomic E-state index is 12.6. The predicted molar refractivity (Wildman–Crippen MR) is 97.8 cm³/mol. The van der Waals surface area contributed by atoms with Crippen LogP contribution < -0.4 is 10.1 Å². The number of amides is 1. The fourth-order valence-electron chi connectivity index (χ4n) is 2.88. The number of hydrogen-bond donors (Lipinski definition) is 1. The van der Waals surface area contributed by atoms with Crippen LogP contribution in [0.2, 0.25) is 0 Å². The van der Waals surface area contributed by atoms with E-state index >= 15 is 0 Å². The number of pyridine rings is 1. The molecule has 1 aliphatic rings. The fourth-order valence-corrected chi connectivity index (χ4v) is 4.34. The van der Waals surface area contributed by atoms with Gasteiger partial charge in [-0.05, 0) is 37.1 Å². The van der Waals surface area contributed by atoms with E-state index in [-0.39, 0.29) is 16.6 Å². The van der Waals surface area contributed by atoms with Gasteiger partial charge in [-0.3, -0.25) is 4.79 Å².